The van der Waals surface area contributed by atoms with Crippen LogP contribution in [0.5, 0.6) is 0 Å². The van der Waals surface area contributed by atoms with Crippen LogP contribution in [0.25, 0.3) is 11.1 Å². The lowest BCUT2D eigenvalue weighted by Gasteiger charge is -1.86. The zero-order valence-corrected chi connectivity index (χ0v) is 6.73. The van der Waals surface area contributed by atoms with Gasteiger partial charge < -0.3 is 9.52 Å². The van der Waals surface area contributed by atoms with Gasteiger partial charge in [0.15, 0.2) is 5.58 Å². The Morgan fingerprint density at radius 1 is 1.54 bits per heavy atom. The molecular formula is C9H7NO3. The van der Waals surface area contributed by atoms with Gasteiger partial charge in [-0.05, 0) is 18.2 Å². The van der Waals surface area contributed by atoms with Crippen LogP contribution in [-0.2, 0) is 6.61 Å². The lowest BCUT2D eigenvalue weighted by molar-refractivity contribution is 0.112. The van der Waals surface area contributed by atoms with Crippen molar-refractivity contribution in [2.24, 2.45) is 0 Å². The van der Waals surface area contributed by atoms with Gasteiger partial charge in [-0.3, -0.25) is 4.79 Å². The molecular weight excluding hydrogens is 170 g/mol. The largest absolute Gasteiger partial charge is 0.438 e. The maximum Gasteiger partial charge on any atom is 0.221 e. The second kappa shape index (κ2) is 2.99. The molecule has 2 rings (SSSR count). The minimum absolute atomic E-state index is 0.231. The van der Waals surface area contributed by atoms with Crippen LogP contribution in [0.2, 0.25) is 0 Å². The van der Waals surface area contributed by atoms with Gasteiger partial charge in [0.1, 0.15) is 18.4 Å². The van der Waals surface area contributed by atoms with Crippen molar-refractivity contribution in [3.8, 4) is 0 Å². The Bertz CT molecular complexity index is 447. The monoisotopic (exact) mass is 177 g/mol. The predicted molar refractivity (Wildman–Crippen MR) is 45.3 cm³/mol. The zero-order chi connectivity index (χ0) is 9.26. The maximum absolute atomic E-state index is 10.4. The molecule has 0 saturated heterocycles. The van der Waals surface area contributed by atoms with Crippen LogP contribution in [0.4, 0.5) is 0 Å². The molecule has 0 amide bonds. The van der Waals surface area contributed by atoms with E-state index in [-0.39, 0.29) is 12.5 Å². The highest BCUT2D eigenvalue weighted by atomic mass is 16.4. The summed E-state index contributed by atoms with van der Waals surface area (Å²) in [6.07, 6.45) is 0.743. The summed E-state index contributed by atoms with van der Waals surface area (Å²) in [7, 11) is 0. The molecule has 4 nitrogen and oxygen atoms in total. The maximum atomic E-state index is 10.4. The van der Waals surface area contributed by atoms with Gasteiger partial charge in [-0.1, -0.05) is 0 Å². The molecule has 1 aromatic carbocycles. The number of hydrogen-bond donors (Lipinski definition) is 1. The molecule has 1 heterocycles. The number of aromatic nitrogens is 1. The highest BCUT2D eigenvalue weighted by Gasteiger charge is 2.04. The number of carbonyl (C=O) groups is 1. The van der Waals surface area contributed by atoms with Crippen LogP contribution >= 0.6 is 0 Å². The fourth-order valence-corrected chi connectivity index (χ4v) is 1.13. The van der Waals surface area contributed by atoms with Crippen molar-refractivity contribution < 1.29 is 14.3 Å². The lowest BCUT2D eigenvalue weighted by atomic mass is 10.2. The number of aliphatic hydroxyl groups is 1. The third kappa shape index (κ3) is 1.31. The van der Waals surface area contributed by atoms with Crippen molar-refractivity contribution >= 4 is 17.4 Å². The molecule has 2 aromatic rings. The van der Waals surface area contributed by atoms with E-state index in [0.29, 0.717) is 16.7 Å². The quantitative estimate of drug-likeness (QED) is 0.698. The number of carbonyl (C=O) groups excluding carboxylic acids is 1. The lowest BCUT2D eigenvalue weighted by Crippen LogP contribution is -1.80. The first-order valence-corrected chi connectivity index (χ1v) is 3.79. The minimum Gasteiger partial charge on any atom is -0.438 e. The molecule has 66 valence electrons. The van der Waals surface area contributed by atoms with Gasteiger partial charge in [0.25, 0.3) is 0 Å². The minimum atomic E-state index is -0.231. The van der Waals surface area contributed by atoms with Crippen LogP contribution in [0.3, 0.4) is 0 Å². The van der Waals surface area contributed by atoms with E-state index in [1.54, 1.807) is 18.2 Å². The van der Waals surface area contributed by atoms with E-state index < -0.39 is 0 Å². The summed E-state index contributed by atoms with van der Waals surface area (Å²) in [6.45, 7) is -0.231. The number of fused-ring (bicyclic) bond motifs is 1. The Morgan fingerprint density at radius 2 is 2.38 bits per heavy atom. The van der Waals surface area contributed by atoms with Crippen molar-refractivity contribution in [2.75, 3.05) is 0 Å². The molecule has 0 unspecified atom stereocenters. The molecule has 1 N–H and O–H groups in total. The summed E-state index contributed by atoms with van der Waals surface area (Å²) in [5, 5.41) is 8.74. The Labute approximate surface area is 73.8 Å². The van der Waals surface area contributed by atoms with Crippen LogP contribution in [0.15, 0.2) is 22.6 Å². The molecule has 0 radical (unpaired) electrons. The fourth-order valence-electron chi connectivity index (χ4n) is 1.13. The molecule has 0 fully saturated rings. The smallest absolute Gasteiger partial charge is 0.221 e. The molecule has 0 aliphatic rings. The van der Waals surface area contributed by atoms with Gasteiger partial charge in [0, 0.05) is 5.56 Å². The number of oxazole rings is 1. The third-order valence-electron chi connectivity index (χ3n) is 1.73. The van der Waals surface area contributed by atoms with Crippen molar-refractivity contribution in [1.82, 2.24) is 4.98 Å². The normalized spacial score (nSPS) is 10.5. The molecule has 0 saturated carbocycles. The molecule has 1 aromatic heterocycles. The topological polar surface area (TPSA) is 63.3 Å². The average Bonchev–Trinajstić information content (AvgIpc) is 2.58. The third-order valence-corrected chi connectivity index (χ3v) is 1.73. The van der Waals surface area contributed by atoms with Crippen molar-refractivity contribution in [2.45, 2.75) is 6.61 Å². The molecule has 13 heavy (non-hydrogen) atoms. The van der Waals surface area contributed by atoms with Crippen LogP contribution in [0, 0.1) is 0 Å². The van der Waals surface area contributed by atoms with Gasteiger partial charge in [0.2, 0.25) is 5.89 Å². The average molecular weight is 177 g/mol. The molecule has 0 spiro atoms. The van der Waals surface area contributed by atoms with Crippen molar-refractivity contribution in [1.29, 1.82) is 0 Å². The number of hydrogen-bond acceptors (Lipinski definition) is 4. The van der Waals surface area contributed by atoms with Crippen molar-refractivity contribution in [3.05, 3.63) is 29.7 Å². The first-order chi connectivity index (χ1) is 6.33. The van der Waals surface area contributed by atoms with E-state index in [1.807, 2.05) is 0 Å². The molecule has 0 aliphatic carbocycles. The fraction of sp³-hybridized carbons (Fsp3) is 0.111. The highest BCUT2D eigenvalue weighted by Crippen LogP contribution is 2.16. The van der Waals surface area contributed by atoms with Crippen LogP contribution in [-0.4, -0.2) is 16.4 Å². The van der Waals surface area contributed by atoms with Gasteiger partial charge in [0.05, 0.1) is 0 Å². The second-order valence-corrected chi connectivity index (χ2v) is 2.61. The molecule has 4 heteroatoms. The summed E-state index contributed by atoms with van der Waals surface area (Å²) < 4.78 is 5.14. The van der Waals surface area contributed by atoms with Gasteiger partial charge in [-0.15, -0.1) is 0 Å². The molecule has 0 aliphatic heterocycles. The van der Waals surface area contributed by atoms with E-state index in [2.05, 4.69) is 4.98 Å². The SMILES string of the molecule is O=Cc1ccc2oc(CO)nc2c1. The Hall–Kier alpha value is -1.68. The Kier molecular flexibility index (Phi) is 1.83. The standard InChI is InChI=1S/C9H7NO3/c11-4-6-1-2-8-7(3-6)10-9(5-12)13-8/h1-4,12H,5H2. The van der Waals surface area contributed by atoms with E-state index in [9.17, 15) is 4.79 Å². The van der Waals surface area contributed by atoms with Crippen molar-refractivity contribution in [3.63, 3.8) is 0 Å². The summed E-state index contributed by atoms with van der Waals surface area (Å²) in [5.74, 6) is 0.262. The number of aliphatic hydroxyl groups excluding tert-OH is 1. The predicted octanol–water partition coefficient (Wildman–Crippen LogP) is 1.13. The zero-order valence-electron chi connectivity index (χ0n) is 6.73. The number of nitrogens with zero attached hydrogens (tertiary/aromatic N) is 1. The Balaban J connectivity index is 2.63. The van der Waals surface area contributed by atoms with Gasteiger partial charge >= 0.3 is 0 Å². The number of benzene rings is 1. The summed E-state index contributed by atoms with van der Waals surface area (Å²) >= 11 is 0. The van der Waals surface area contributed by atoms with Crippen LogP contribution in [0.1, 0.15) is 16.2 Å². The first kappa shape index (κ1) is 7.94. The molecule has 0 atom stereocenters. The van der Waals surface area contributed by atoms with Gasteiger partial charge in [-0.2, -0.15) is 0 Å². The first-order valence-electron chi connectivity index (χ1n) is 3.79. The van der Waals surface area contributed by atoms with E-state index in [0.717, 1.165) is 6.29 Å². The van der Waals surface area contributed by atoms with E-state index in [1.165, 1.54) is 0 Å². The van der Waals surface area contributed by atoms with Gasteiger partial charge in [-0.25, -0.2) is 4.98 Å². The summed E-state index contributed by atoms with van der Waals surface area (Å²) in [5.41, 5.74) is 1.72. The number of aldehydes is 1. The molecule has 0 bridgehead atoms. The van der Waals surface area contributed by atoms with E-state index >= 15 is 0 Å². The van der Waals surface area contributed by atoms with Crippen LogP contribution < -0.4 is 0 Å². The number of rotatable bonds is 2. The summed E-state index contributed by atoms with van der Waals surface area (Å²) in [4.78, 5) is 14.4. The summed E-state index contributed by atoms with van der Waals surface area (Å²) in [6, 6.07) is 4.91. The highest BCUT2D eigenvalue weighted by molar-refractivity contribution is 5.83. The Morgan fingerprint density at radius 3 is 3.08 bits per heavy atom. The second-order valence-electron chi connectivity index (χ2n) is 2.61. The van der Waals surface area contributed by atoms with E-state index in [4.69, 9.17) is 9.52 Å².